The lowest BCUT2D eigenvalue weighted by Gasteiger charge is -1.96. The van der Waals surface area contributed by atoms with Crippen LogP contribution in [0.2, 0.25) is 0 Å². The standard InChI is InChI=1S/C8H5ClO2S2/c9-13(10,11)8-3-1-2-6-4-12-5-7(6)8/h1-5H. The summed E-state index contributed by atoms with van der Waals surface area (Å²) < 4.78 is 22.2. The van der Waals surface area contributed by atoms with Crippen LogP contribution >= 0.6 is 22.0 Å². The minimum absolute atomic E-state index is 0.188. The van der Waals surface area contributed by atoms with Gasteiger partial charge in [0, 0.05) is 16.1 Å². The zero-order valence-electron chi connectivity index (χ0n) is 6.40. The van der Waals surface area contributed by atoms with E-state index in [9.17, 15) is 8.42 Å². The van der Waals surface area contributed by atoms with Crippen molar-refractivity contribution in [3.63, 3.8) is 0 Å². The van der Waals surface area contributed by atoms with E-state index >= 15 is 0 Å². The summed E-state index contributed by atoms with van der Waals surface area (Å²) in [5.41, 5.74) is 0. The third kappa shape index (κ3) is 1.57. The average Bonchev–Trinajstić information content (AvgIpc) is 2.48. The Morgan fingerprint density at radius 1 is 1.23 bits per heavy atom. The van der Waals surface area contributed by atoms with E-state index in [0.717, 1.165) is 5.39 Å². The van der Waals surface area contributed by atoms with Crippen LogP contribution in [0, 0.1) is 0 Å². The molecule has 5 heteroatoms. The quantitative estimate of drug-likeness (QED) is 0.709. The number of fused-ring (bicyclic) bond motifs is 1. The first-order valence-corrected chi connectivity index (χ1v) is 6.74. The van der Waals surface area contributed by atoms with Gasteiger partial charge in [-0.2, -0.15) is 11.3 Å². The van der Waals surface area contributed by atoms with E-state index in [1.165, 1.54) is 17.4 Å². The molecule has 0 aliphatic heterocycles. The van der Waals surface area contributed by atoms with Crippen molar-refractivity contribution in [3.8, 4) is 0 Å². The number of hydrogen-bond acceptors (Lipinski definition) is 3. The van der Waals surface area contributed by atoms with Gasteiger partial charge in [-0.05, 0) is 22.2 Å². The SMILES string of the molecule is O=S(=O)(Cl)c1cccc2cscc12. The van der Waals surface area contributed by atoms with Crippen molar-refractivity contribution in [1.29, 1.82) is 0 Å². The molecule has 0 radical (unpaired) electrons. The summed E-state index contributed by atoms with van der Waals surface area (Å²) in [6.45, 7) is 0. The summed E-state index contributed by atoms with van der Waals surface area (Å²) in [7, 11) is 1.65. The number of thiophene rings is 1. The molecule has 2 aromatic rings. The largest absolute Gasteiger partial charge is 0.261 e. The molecular formula is C8H5ClO2S2. The third-order valence-electron chi connectivity index (χ3n) is 1.74. The smallest absolute Gasteiger partial charge is 0.207 e. The lowest BCUT2D eigenvalue weighted by atomic mass is 10.2. The van der Waals surface area contributed by atoms with Gasteiger partial charge in [0.1, 0.15) is 0 Å². The molecule has 1 aromatic carbocycles. The first-order chi connectivity index (χ1) is 6.09. The van der Waals surface area contributed by atoms with Gasteiger partial charge in [0.25, 0.3) is 9.05 Å². The molecule has 68 valence electrons. The van der Waals surface area contributed by atoms with E-state index < -0.39 is 9.05 Å². The fourth-order valence-corrected chi connectivity index (χ4v) is 3.16. The van der Waals surface area contributed by atoms with Crippen molar-refractivity contribution < 1.29 is 8.42 Å². The molecule has 0 atom stereocenters. The van der Waals surface area contributed by atoms with Crippen molar-refractivity contribution in [3.05, 3.63) is 29.0 Å². The van der Waals surface area contributed by atoms with Gasteiger partial charge in [0.2, 0.25) is 0 Å². The summed E-state index contributed by atoms with van der Waals surface area (Å²) in [5, 5.41) is 5.28. The van der Waals surface area contributed by atoms with Gasteiger partial charge in [0.15, 0.2) is 0 Å². The molecule has 1 aromatic heterocycles. The third-order valence-corrected chi connectivity index (χ3v) is 3.89. The van der Waals surface area contributed by atoms with Crippen molar-refractivity contribution in [2.24, 2.45) is 0 Å². The first-order valence-electron chi connectivity index (χ1n) is 3.48. The maximum atomic E-state index is 11.1. The van der Waals surface area contributed by atoms with Crippen molar-refractivity contribution in [2.45, 2.75) is 4.90 Å². The molecule has 2 nitrogen and oxygen atoms in total. The van der Waals surface area contributed by atoms with E-state index in [0.29, 0.717) is 5.39 Å². The highest BCUT2D eigenvalue weighted by atomic mass is 35.7. The number of benzene rings is 1. The van der Waals surface area contributed by atoms with Crippen molar-refractivity contribution in [1.82, 2.24) is 0 Å². The Bertz CT molecular complexity index is 542. The van der Waals surface area contributed by atoms with Gasteiger partial charge in [-0.25, -0.2) is 8.42 Å². The van der Waals surface area contributed by atoms with Crippen LogP contribution in [0.4, 0.5) is 0 Å². The van der Waals surface area contributed by atoms with Gasteiger partial charge in [0.05, 0.1) is 4.90 Å². The van der Waals surface area contributed by atoms with Crippen molar-refractivity contribution >= 4 is 41.8 Å². The fourth-order valence-electron chi connectivity index (χ4n) is 1.18. The maximum absolute atomic E-state index is 11.1. The van der Waals surface area contributed by atoms with Crippen LogP contribution in [0.1, 0.15) is 0 Å². The predicted octanol–water partition coefficient (Wildman–Crippen LogP) is 2.83. The minimum atomic E-state index is -3.62. The van der Waals surface area contributed by atoms with Crippen LogP contribution < -0.4 is 0 Å². The van der Waals surface area contributed by atoms with Crippen LogP contribution in [0.15, 0.2) is 33.9 Å². The second kappa shape index (κ2) is 2.97. The van der Waals surface area contributed by atoms with E-state index in [-0.39, 0.29) is 4.90 Å². The Morgan fingerprint density at radius 2 is 2.00 bits per heavy atom. The fraction of sp³-hybridized carbons (Fsp3) is 0. The lowest BCUT2D eigenvalue weighted by Crippen LogP contribution is -1.89. The molecule has 0 aliphatic carbocycles. The molecule has 0 aliphatic rings. The number of rotatable bonds is 1. The highest BCUT2D eigenvalue weighted by molar-refractivity contribution is 8.14. The number of halogens is 1. The molecule has 0 saturated carbocycles. The molecule has 0 amide bonds. The highest BCUT2D eigenvalue weighted by Gasteiger charge is 2.13. The summed E-state index contributed by atoms with van der Waals surface area (Å²) in [6, 6.07) is 5.05. The second-order valence-corrected chi connectivity index (χ2v) is 5.85. The maximum Gasteiger partial charge on any atom is 0.261 e. The molecule has 0 N–H and O–H groups in total. The Balaban J connectivity index is 2.91. The summed E-state index contributed by atoms with van der Waals surface area (Å²) in [5.74, 6) is 0. The Hall–Kier alpha value is -0.580. The van der Waals surface area contributed by atoms with Crippen LogP contribution in [0.5, 0.6) is 0 Å². The van der Waals surface area contributed by atoms with Gasteiger partial charge in [-0.1, -0.05) is 12.1 Å². The normalized spacial score (nSPS) is 12.1. The second-order valence-electron chi connectivity index (χ2n) is 2.57. The molecule has 1 heterocycles. The summed E-state index contributed by atoms with van der Waals surface area (Å²) in [4.78, 5) is 0.188. The van der Waals surface area contributed by atoms with Gasteiger partial charge in [-0.15, -0.1) is 0 Å². The van der Waals surface area contributed by atoms with Crippen LogP contribution in [0.3, 0.4) is 0 Å². The highest BCUT2D eigenvalue weighted by Crippen LogP contribution is 2.28. The Labute approximate surface area is 84.2 Å². The van der Waals surface area contributed by atoms with Crippen LogP contribution in [0.25, 0.3) is 10.8 Å². The van der Waals surface area contributed by atoms with E-state index in [2.05, 4.69) is 0 Å². The summed E-state index contributed by atoms with van der Waals surface area (Å²) in [6.07, 6.45) is 0. The predicted molar refractivity (Wildman–Crippen MR) is 54.9 cm³/mol. The minimum Gasteiger partial charge on any atom is -0.207 e. The first kappa shape index (κ1) is 8.99. The van der Waals surface area contributed by atoms with E-state index in [4.69, 9.17) is 10.7 Å². The van der Waals surface area contributed by atoms with Crippen LogP contribution in [-0.4, -0.2) is 8.42 Å². The van der Waals surface area contributed by atoms with Crippen LogP contribution in [-0.2, 0) is 9.05 Å². The Kier molecular flexibility index (Phi) is 2.06. The van der Waals surface area contributed by atoms with Gasteiger partial charge >= 0.3 is 0 Å². The zero-order chi connectivity index (χ0) is 9.47. The summed E-state index contributed by atoms with van der Waals surface area (Å²) >= 11 is 1.46. The molecule has 0 fully saturated rings. The molecule has 2 rings (SSSR count). The number of hydrogen-bond donors (Lipinski definition) is 0. The Morgan fingerprint density at radius 3 is 2.69 bits per heavy atom. The lowest BCUT2D eigenvalue weighted by molar-refractivity contribution is 0.610. The molecule has 0 unspecified atom stereocenters. The topological polar surface area (TPSA) is 34.1 Å². The molecule has 13 heavy (non-hydrogen) atoms. The molecule has 0 spiro atoms. The molecule has 0 bridgehead atoms. The molecular weight excluding hydrogens is 228 g/mol. The molecule has 0 saturated heterocycles. The van der Waals surface area contributed by atoms with Crippen molar-refractivity contribution in [2.75, 3.05) is 0 Å². The van der Waals surface area contributed by atoms with Gasteiger partial charge < -0.3 is 0 Å². The van der Waals surface area contributed by atoms with E-state index in [1.54, 1.807) is 11.4 Å². The zero-order valence-corrected chi connectivity index (χ0v) is 8.79. The average molecular weight is 233 g/mol. The monoisotopic (exact) mass is 232 g/mol. The van der Waals surface area contributed by atoms with Gasteiger partial charge in [-0.3, -0.25) is 0 Å². The van der Waals surface area contributed by atoms with E-state index in [1.807, 2.05) is 11.4 Å².